The van der Waals surface area contributed by atoms with Crippen molar-refractivity contribution in [2.75, 3.05) is 19.0 Å². The van der Waals surface area contributed by atoms with Crippen LogP contribution >= 0.6 is 15.9 Å². The quantitative estimate of drug-likeness (QED) is 0.640. The molecule has 112 valence electrons. The number of nitrogens with two attached hydrogens (primary N) is 1. The van der Waals surface area contributed by atoms with E-state index < -0.39 is 0 Å². The fourth-order valence-corrected chi connectivity index (χ4v) is 2.70. The Morgan fingerprint density at radius 1 is 1.19 bits per heavy atom. The molecular weight excluding hydrogens is 333 g/mol. The van der Waals surface area contributed by atoms with Crippen molar-refractivity contribution >= 4 is 21.6 Å². The number of hydrazine groups is 1. The SMILES string of the molecule is CN(C)c1ccc(C(Cc2ccc(F)cc2Br)NN)cc1. The first-order valence-corrected chi connectivity index (χ1v) is 7.48. The van der Waals surface area contributed by atoms with Crippen LogP contribution in [0.1, 0.15) is 17.2 Å². The van der Waals surface area contributed by atoms with Gasteiger partial charge in [0.25, 0.3) is 0 Å². The van der Waals surface area contributed by atoms with Gasteiger partial charge in [0.1, 0.15) is 5.82 Å². The van der Waals surface area contributed by atoms with Gasteiger partial charge in [-0.15, -0.1) is 0 Å². The lowest BCUT2D eigenvalue weighted by Gasteiger charge is -2.19. The first-order valence-electron chi connectivity index (χ1n) is 6.68. The normalized spacial score (nSPS) is 12.2. The Morgan fingerprint density at radius 2 is 1.86 bits per heavy atom. The summed E-state index contributed by atoms with van der Waals surface area (Å²) in [7, 11) is 4.01. The van der Waals surface area contributed by atoms with Crippen LogP contribution in [0, 0.1) is 5.82 Å². The molecule has 0 saturated heterocycles. The molecule has 21 heavy (non-hydrogen) atoms. The van der Waals surface area contributed by atoms with E-state index in [0.717, 1.165) is 21.3 Å². The molecule has 0 aliphatic rings. The minimum absolute atomic E-state index is 0.0250. The molecule has 0 fully saturated rings. The molecule has 0 aromatic heterocycles. The number of hydrogen-bond acceptors (Lipinski definition) is 3. The summed E-state index contributed by atoms with van der Waals surface area (Å²) in [5.74, 6) is 5.43. The lowest BCUT2D eigenvalue weighted by atomic mass is 9.99. The van der Waals surface area contributed by atoms with E-state index in [2.05, 4.69) is 45.6 Å². The predicted molar refractivity (Wildman–Crippen MR) is 88.6 cm³/mol. The molecule has 0 aliphatic carbocycles. The zero-order valence-electron chi connectivity index (χ0n) is 12.1. The smallest absolute Gasteiger partial charge is 0.124 e. The van der Waals surface area contributed by atoms with Gasteiger partial charge in [-0.1, -0.05) is 34.1 Å². The van der Waals surface area contributed by atoms with Crippen LogP contribution in [0.2, 0.25) is 0 Å². The maximum absolute atomic E-state index is 13.1. The van der Waals surface area contributed by atoms with Gasteiger partial charge in [0, 0.05) is 24.3 Å². The standard InChI is InChI=1S/C16H19BrFN3/c1-21(2)14-7-4-11(5-8-14)16(20-19)9-12-3-6-13(18)10-15(12)17/h3-8,10,16,20H,9,19H2,1-2H3. The zero-order chi connectivity index (χ0) is 15.4. The summed E-state index contributed by atoms with van der Waals surface area (Å²) in [4.78, 5) is 2.05. The van der Waals surface area contributed by atoms with E-state index in [1.165, 1.54) is 12.1 Å². The van der Waals surface area contributed by atoms with E-state index in [0.29, 0.717) is 6.42 Å². The topological polar surface area (TPSA) is 41.3 Å². The molecule has 0 aliphatic heterocycles. The number of rotatable bonds is 5. The van der Waals surface area contributed by atoms with Crippen LogP contribution in [0.15, 0.2) is 46.9 Å². The van der Waals surface area contributed by atoms with Crippen molar-refractivity contribution in [3.8, 4) is 0 Å². The van der Waals surface area contributed by atoms with Crippen molar-refractivity contribution in [3.05, 3.63) is 63.9 Å². The van der Waals surface area contributed by atoms with Gasteiger partial charge in [0.15, 0.2) is 0 Å². The van der Waals surface area contributed by atoms with E-state index in [1.54, 1.807) is 6.07 Å². The Labute approximate surface area is 133 Å². The monoisotopic (exact) mass is 351 g/mol. The molecule has 1 atom stereocenters. The highest BCUT2D eigenvalue weighted by atomic mass is 79.9. The van der Waals surface area contributed by atoms with E-state index >= 15 is 0 Å². The second-order valence-corrected chi connectivity index (χ2v) is 6.00. The van der Waals surface area contributed by atoms with Crippen LogP contribution in [0.25, 0.3) is 0 Å². The Hall–Kier alpha value is -1.43. The van der Waals surface area contributed by atoms with Crippen LogP contribution in [-0.2, 0) is 6.42 Å². The second-order valence-electron chi connectivity index (χ2n) is 5.15. The van der Waals surface area contributed by atoms with Crippen LogP contribution in [0.5, 0.6) is 0 Å². The van der Waals surface area contributed by atoms with E-state index in [-0.39, 0.29) is 11.9 Å². The summed E-state index contributed by atoms with van der Waals surface area (Å²) in [5.41, 5.74) is 6.07. The Morgan fingerprint density at radius 3 is 2.38 bits per heavy atom. The number of benzene rings is 2. The average molecular weight is 352 g/mol. The maximum atomic E-state index is 13.1. The van der Waals surface area contributed by atoms with E-state index in [4.69, 9.17) is 5.84 Å². The minimum Gasteiger partial charge on any atom is -0.378 e. The summed E-state index contributed by atoms with van der Waals surface area (Å²) in [5, 5.41) is 0. The molecule has 3 N–H and O–H groups in total. The van der Waals surface area contributed by atoms with Crippen LogP contribution < -0.4 is 16.2 Å². The molecule has 0 spiro atoms. The van der Waals surface area contributed by atoms with Crippen LogP contribution in [0.4, 0.5) is 10.1 Å². The molecule has 0 saturated carbocycles. The lowest BCUT2D eigenvalue weighted by molar-refractivity contribution is 0.550. The highest BCUT2D eigenvalue weighted by molar-refractivity contribution is 9.10. The van der Waals surface area contributed by atoms with Crippen molar-refractivity contribution in [2.24, 2.45) is 5.84 Å². The Kier molecular flexibility index (Phi) is 5.33. The van der Waals surface area contributed by atoms with Crippen molar-refractivity contribution in [1.82, 2.24) is 5.43 Å². The molecule has 2 aromatic rings. The second kappa shape index (κ2) is 7.02. The average Bonchev–Trinajstić information content (AvgIpc) is 2.47. The number of anilines is 1. The molecule has 3 nitrogen and oxygen atoms in total. The Bertz CT molecular complexity index is 599. The highest BCUT2D eigenvalue weighted by Crippen LogP contribution is 2.25. The third kappa shape index (κ3) is 4.03. The summed E-state index contributed by atoms with van der Waals surface area (Å²) in [6, 6.07) is 12.9. The molecule has 0 heterocycles. The first-order chi connectivity index (χ1) is 10.0. The van der Waals surface area contributed by atoms with Crippen molar-refractivity contribution in [1.29, 1.82) is 0 Å². The van der Waals surface area contributed by atoms with Gasteiger partial charge < -0.3 is 4.90 Å². The molecule has 2 aromatic carbocycles. The Balaban J connectivity index is 2.19. The van der Waals surface area contributed by atoms with Crippen molar-refractivity contribution in [3.63, 3.8) is 0 Å². The maximum Gasteiger partial charge on any atom is 0.124 e. The molecule has 0 radical (unpaired) electrons. The molecule has 1 unspecified atom stereocenters. The number of halogens is 2. The zero-order valence-corrected chi connectivity index (χ0v) is 13.7. The van der Waals surface area contributed by atoms with E-state index in [9.17, 15) is 4.39 Å². The fraction of sp³-hybridized carbons (Fsp3) is 0.250. The molecule has 0 amide bonds. The van der Waals surface area contributed by atoms with Gasteiger partial charge in [0.05, 0.1) is 6.04 Å². The van der Waals surface area contributed by atoms with Gasteiger partial charge in [-0.2, -0.15) is 0 Å². The first kappa shape index (κ1) is 15.9. The summed E-state index contributed by atoms with van der Waals surface area (Å²) in [6.45, 7) is 0. The summed E-state index contributed by atoms with van der Waals surface area (Å²) >= 11 is 3.39. The number of nitrogens with one attached hydrogen (secondary N) is 1. The van der Waals surface area contributed by atoms with Gasteiger partial charge in [-0.05, 0) is 41.8 Å². The summed E-state index contributed by atoms with van der Waals surface area (Å²) in [6.07, 6.45) is 0.679. The number of nitrogens with zero attached hydrogens (tertiary/aromatic N) is 1. The van der Waals surface area contributed by atoms with Gasteiger partial charge in [-0.25, -0.2) is 4.39 Å². The molecule has 5 heteroatoms. The third-order valence-electron chi connectivity index (χ3n) is 3.45. The van der Waals surface area contributed by atoms with Crippen molar-refractivity contribution in [2.45, 2.75) is 12.5 Å². The highest BCUT2D eigenvalue weighted by Gasteiger charge is 2.13. The van der Waals surface area contributed by atoms with Gasteiger partial charge in [-0.3, -0.25) is 11.3 Å². The van der Waals surface area contributed by atoms with Gasteiger partial charge >= 0.3 is 0 Å². The lowest BCUT2D eigenvalue weighted by Crippen LogP contribution is -2.29. The predicted octanol–water partition coefficient (Wildman–Crippen LogP) is 3.40. The van der Waals surface area contributed by atoms with Gasteiger partial charge in [0.2, 0.25) is 0 Å². The largest absolute Gasteiger partial charge is 0.378 e. The fourth-order valence-electron chi connectivity index (χ4n) is 2.18. The third-order valence-corrected chi connectivity index (χ3v) is 4.19. The van der Waals surface area contributed by atoms with Crippen LogP contribution in [0.3, 0.4) is 0 Å². The minimum atomic E-state index is -0.252. The van der Waals surface area contributed by atoms with E-state index in [1.807, 2.05) is 19.0 Å². The summed E-state index contributed by atoms with van der Waals surface area (Å²) < 4.78 is 13.9. The molecule has 2 rings (SSSR count). The molecular formula is C16H19BrFN3. The van der Waals surface area contributed by atoms with Crippen molar-refractivity contribution < 1.29 is 4.39 Å². The molecule has 0 bridgehead atoms. The number of hydrogen-bond donors (Lipinski definition) is 2. The van der Waals surface area contributed by atoms with Crippen LogP contribution in [-0.4, -0.2) is 14.1 Å².